The highest BCUT2D eigenvalue weighted by Gasteiger charge is 2.25. The fourth-order valence-electron chi connectivity index (χ4n) is 2.08. The first kappa shape index (κ1) is 17.7. The van der Waals surface area contributed by atoms with E-state index in [0.717, 1.165) is 9.87 Å². The molecule has 0 aromatic heterocycles. The minimum absolute atomic E-state index is 0.0447. The lowest BCUT2D eigenvalue weighted by Gasteiger charge is -2.17. The number of hydrogen-bond donors (Lipinski definition) is 1. The molecule has 0 saturated carbocycles. The van der Waals surface area contributed by atoms with Crippen LogP contribution in [-0.2, 0) is 14.8 Å². The quantitative estimate of drug-likeness (QED) is 0.900. The third-order valence-electron chi connectivity index (χ3n) is 3.40. The van der Waals surface area contributed by atoms with Crippen LogP contribution >= 0.6 is 0 Å². The summed E-state index contributed by atoms with van der Waals surface area (Å²) in [5.41, 5.74) is 1.69. The number of benzene rings is 2. The second kappa shape index (κ2) is 7.25. The third kappa shape index (κ3) is 3.98. The highest BCUT2D eigenvalue weighted by molar-refractivity contribution is 7.89. The van der Waals surface area contributed by atoms with Crippen LogP contribution in [0, 0.1) is 18.3 Å². The van der Waals surface area contributed by atoms with Crippen molar-refractivity contribution < 1.29 is 13.2 Å². The first-order valence-electron chi connectivity index (χ1n) is 7.16. The molecule has 2 aromatic rings. The Labute approximate surface area is 141 Å². The molecule has 0 fully saturated rings. The monoisotopic (exact) mass is 343 g/mol. The lowest BCUT2D eigenvalue weighted by atomic mass is 10.2. The largest absolute Gasteiger partial charge is 0.325 e. The van der Waals surface area contributed by atoms with Crippen LogP contribution in [0.15, 0.2) is 53.4 Å². The van der Waals surface area contributed by atoms with Crippen LogP contribution in [0.2, 0.25) is 0 Å². The number of carbonyl (C=O) groups is 1. The number of nitrogens with zero attached hydrogens (tertiary/aromatic N) is 2. The van der Waals surface area contributed by atoms with E-state index >= 15 is 0 Å². The number of aryl methyl sites for hydroxylation is 1. The number of hydrogen-bond acceptors (Lipinski definition) is 4. The van der Waals surface area contributed by atoms with Crippen molar-refractivity contribution in [2.45, 2.75) is 11.8 Å². The van der Waals surface area contributed by atoms with Crippen molar-refractivity contribution >= 4 is 21.6 Å². The van der Waals surface area contributed by atoms with Crippen molar-refractivity contribution in [3.63, 3.8) is 0 Å². The maximum absolute atomic E-state index is 12.5. The van der Waals surface area contributed by atoms with Crippen LogP contribution in [0.1, 0.15) is 11.1 Å². The molecule has 2 rings (SSSR count). The van der Waals surface area contributed by atoms with Crippen LogP contribution in [0.5, 0.6) is 0 Å². The molecule has 0 atom stereocenters. The Morgan fingerprint density at radius 1 is 1.17 bits per heavy atom. The highest BCUT2D eigenvalue weighted by Crippen LogP contribution is 2.18. The Morgan fingerprint density at radius 2 is 1.79 bits per heavy atom. The minimum Gasteiger partial charge on any atom is -0.325 e. The molecule has 1 N–H and O–H groups in total. The molecule has 0 bridgehead atoms. The van der Waals surface area contributed by atoms with Gasteiger partial charge in [0.15, 0.2) is 0 Å². The van der Waals surface area contributed by atoms with Gasteiger partial charge >= 0.3 is 0 Å². The second-order valence-corrected chi connectivity index (χ2v) is 7.30. The second-order valence-electron chi connectivity index (χ2n) is 5.28. The smallest absolute Gasteiger partial charge is 0.244 e. The van der Waals surface area contributed by atoms with Gasteiger partial charge in [0.1, 0.15) is 6.07 Å². The Hall–Kier alpha value is -2.69. The van der Waals surface area contributed by atoms with E-state index in [1.165, 1.54) is 25.2 Å². The van der Waals surface area contributed by atoms with Crippen LogP contribution in [-0.4, -0.2) is 32.2 Å². The molecule has 0 saturated heterocycles. The predicted molar refractivity (Wildman–Crippen MR) is 90.8 cm³/mol. The molecule has 0 spiro atoms. The van der Waals surface area contributed by atoms with Gasteiger partial charge in [-0.25, -0.2) is 8.42 Å². The summed E-state index contributed by atoms with van der Waals surface area (Å²) in [6, 6.07) is 14.9. The molecule has 0 heterocycles. The average Bonchev–Trinajstić information content (AvgIpc) is 2.56. The summed E-state index contributed by atoms with van der Waals surface area (Å²) in [5, 5.41) is 11.7. The van der Waals surface area contributed by atoms with Gasteiger partial charge < -0.3 is 5.32 Å². The van der Waals surface area contributed by atoms with Gasteiger partial charge in [0, 0.05) is 12.7 Å². The fourth-order valence-corrected chi connectivity index (χ4v) is 3.34. The van der Waals surface area contributed by atoms with Crippen molar-refractivity contribution in [2.24, 2.45) is 0 Å². The maximum atomic E-state index is 12.5. The van der Waals surface area contributed by atoms with E-state index < -0.39 is 15.9 Å². The molecule has 1 amide bonds. The summed E-state index contributed by atoms with van der Waals surface area (Å²) < 4.78 is 26.0. The molecular formula is C17H17N3O3S. The van der Waals surface area contributed by atoms with Crippen LogP contribution in [0.4, 0.5) is 5.69 Å². The summed E-state index contributed by atoms with van der Waals surface area (Å²) >= 11 is 0. The number of sulfonamides is 1. The van der Waals surface area contributed by atoms with Gasteiger partial charge in [0.2, 0.25) is 15.9 Å². The first-order valence-corrected chi connectivity index (χ1v) is 8.60. The van der Waals surface area contributed by atoms with Crippen LogP contribution < -0.4 is 5.32 Å². The molecule has 0 aliphatic carbocycles. The number of anilines is 1. The number of nitriles is 1. The van der Waals surface area contributed by atoms with Crippen molar-refractivity contribution in [3.05, 3.63) is 59.7 Å². The Morgan fingerprint density at radius 3 is 2.42 bits per heavy atom. The first-order chi connectivity index (χ1) is 11.3. The van der Waals surface area contributed by atoms with Gasteiger partial charge in [0.05, 0.1) is 17.0 Å². The summed E-state index contributed by atoms with van der Waals surface area (Å²) in [4.78, 5) is 11.9. The van der Waals surface area contributed by atoms with Gasteiger partial charge in [-0.15, -0.1) is 0 Å². The molecule has 24 heavy (non-hydrogen) atoms. The molecular weight excluding hydrogens is 326 g/mol. The highest BCUT2D eigenvalue weighted by atomic mass is 32.2. The number of rotatable bonds is 5. The maximum Gasteiger partial charge on any atom is 0.244 e. The summed E-state index contributed by atoms with van der Waals surface area (Å²) in [5.74, 6) is -0.459. The third-order valence-corrected chi connectivity index (χ3v) is 5.26. The van der Waals surface area contributed by atoms with Crippen LogP contribution in [0.3, 0.4) is 0 Å². The Kier molecular flexibility index (Phi) is 5.34. The number of likely N-dealkylation sites (N-methyl/N-ethyl adjacent to an activating group) is 1. The van der Waals surface area contributed by atoms with Gasteiger partial charge in [-0.05, 0) is 31.2 Å². The fraction of sp³-hybridized carbons (Fsp3) is 0.176. The van der Waals surface area contributed by atoms with E-state index in [9.17, 15) is 13.2 Å². The number of nitrogens with one attached hydrogen (secondary N) is 1. The van der Waals surface area contributed by atoms with Gasteiger partial charge in [-0.2, -0.15) is 9.57 Å². The summed E-state index contributed by atoms with van der Waals surface area (Å²) in [6.07, 6.45) is 0. The molecule has 7 heteroatoms. The molecule has 0 radical (unpaired) electrons. The lowest BCUT2D eigenvalue weighted by Crippen LogP contribution is -2.35. The number of carbonyl (C=O) groups excluding carboxylic acids is 1. The van der Waals surface area contributed by atoms with E-state index in [2.05, 4.69) is 5.32 Å². The molecule has 0 aliphatic rings. The lowest BCUT2D eigenvalue weighted by molar-refractivity contribution is -0.116. The van der Waals surface area contributed by atoms with Crippen molar-refractivity contribution in [1.29, 1.82) is 5.26 Å². The van der Waals surface area contributed by atoms with Crippen molar-refractivity contribution in [2.75, 3.05) is 18.9 Å². The topological polar surface area (TPSA) is 90.3 Å². The number of amides is 1. The van der Waals surface area contributed by atoms with E-state index in [-0.39, 0.29) is 17.0 Å². The van der Waals surface area contributed by atoms with Gasteiger partial charge in [0.25, 0.3) is 0 Å². The predicted octanol–water partition coefficient (Wildman–Crippen LogP) is 2.13. The zero-order chi connectivity index (χ0) is 17.7. The normalized spacial score (nSPS) is 11.1. The molecule has 6 nitrogen and oxygen atoms in total. The SMILES string of the molecule is Cc1ccc(NC(=O)CN(C)S(=O)(=O)c2ccccc2C#N)cc1. The van der Waals surface area contributed by atoms with Gasteiger partial charge in [-0.1, -0.05) is 29.8 Å². The van der Waals surface area contributed by atoms with E-state index in [1.807, 2.05) is 25.1 Å². The van der Waals surface area contributed by atoms with Crippen LogP contribution in [0.25, 0.3) is 0 Å². The van der Waals surface area contributed by atoms with E-state index in [4.69, 9.17) is 5.26 Å². The zero-order valence-electron chi connectivity index (χ0n) is 13.4. The minimum atomic E-state index is -3.93. The summed E-state index contributed by atoms with van der Waals surface area (Å²) in [6.45, 7) is 1.58. The van der Waals surface area contributed by atoms with Crippen molar-refractivity contribution in [3.8, 4) is 6.07 Å². The molecule has 0 aliphatic heterocycles. The molecule has 0 unspecified atom stereocenters. The summed E-state index contributed by atoms with van der Waals surface area (Å²) in [7, 11) is -2.62. The van der Waals surface area contributed by atoms with E-state index in [1.54, 1.807) is 18.2 Å². The molecule has 124 valence electrons. The Balaban J connectivity index is 2.13. The molecule has 2 aromatic carbocycles. The zero-order valence-corrected chi connectivity index (χ0v) is 14.2. The van der Waals surface area contributed by atoms with Crippen molar-refractivity contribution in [1.82, 2.24) is 4.31 Å². The standard InChI is InChI=1S/C17H17N3O3S/c1-13-7-9-15(10-8-13)19-17(21)12-20(2)24(22,23)16-6-4-3-5-14(16)11-18/h3-10H,12H2,1-2H3,(H,19,21). The van der Waals surface area contributed by atoms with Gasteiger partial charge in [-0.3, -0.25) is 4.79 Å². The van der Waals surface area contributed by atoms with E-state index in [0.29, 0.717) is 5.69 Å². The average molecular weight is 343 g/mol. The Bertz CT molecular complexity index is 884.